The summed E-state index contributed by atoms with van der Waals surface area (Å²) < 4.78 is 37.1. The number of likely N-dealkylation sites (tertiary alicyclic amines) is 1. The van der Waals surface area contributed by atoms with Gasteiger partial charge in [0.1, 0.15) is 6.54 Å². The van der Waals surface area contributed by atoms with Crippen molar-refractivity contribution in [2.24, 2.45) is 5.92 Å². The largest absolute Gasteiger partial charge is 0.406 e. The smallest absolute Gasteiger partial charge is 0.333 e. The number of rotatable bonds is 3. The van der Waals surface area contributed by atoms with Crippen LogP contribution in [-0.4, -0.2) is 71.4 Å². The molecule has 9 heteroatoms. The van der Waals surface area contributed by atoms with Crippen LogP contribution in [0.3, 0.4) is 0 Å². The van der Waals surface area contributed by atoms with Crippen LogP contribution in [0.15, 0.2) is 0 Å². The van der Waals surface area contributed by atoms with Crippen LogP contribution >= 0.6 is 0 Å². The van der Waals surface area contributed by atoms with Gasteiger partial charge in [-0.15, -0.1) is 0 Å². The first-order valence-electron chi connectivity index (χ1n) is 7.12. The molecule has 2 saturated heterocycles. The van der Waals surface area contributed by atoms with Gasteiger partial charge in [-0.25, -0.2) is 0 Å². The van der Waals surface area contributed by atoms with Crippen molar-refractivity contribution in [2.45, 2.75) is 25.9 Å². The van der Waals surface area contributed by atoms with Gasteiger partial charge >= 0.3 is 6.18 Å². The number of hydrogen-bond acceptors (Lipinski definition) is 3. The van der Waals surface area contributed by atoms with Crippen LogP contribution in [0.5, 0.6) is 0 Å². The Kier molecular flexibility index (Phi) is 4.62. The maximum Gasteiger partial charge on any atom is 0.406 e. The number of carbonyl (C=O) groups excluding carboxylic acids is 3. The molecule has 1 unspecified atom stereocenters. The predicted octanol–water partition coefficient (Wildman–Crippen LogP) is 0.435. The third-order valence-corrected chi connectivity index (χ3v) is 3.88. The molecule has 2 heterocycles. The highest BCUT2D eigenvalue weighted by Crippen LogP contribution is 2.25. The minimum atomic E-state index is -4.47. The minimum Gasteiger partial charge on any atom is -0.333 e. The van der Waals surface area contributed by atoms with E-state index >= 15 is 0 Å². The number of hydrogen-bond donors (Lipinski definition) is 0. The van der Waals surface area contributed by atoms with Crippen molar-refractivity contribution < 1.29 is 27.6 Å². The van der Waals surface area contributed by atoms with Crippen molar-refractivity contribution in [3.63, 3.8) is 0 Å². The van der Waals surface area contributed by atoms with Gasteiger partial charge in [0.2, 0.25) is 17.7 Å². The van der Waals surface area contributed by atoms with Gasteiger partial charge in [-0.05, 0) is 0 Å². The molecule has 0 bridgehead atoms. The van der Waals surface area contributed by atoms with Crippen LogP contribution in [0.25, 0.3) is 0 Å². The molecular formula is C13H18F3N3O3. The Bertz CT molecular complexity index is 481. The molecule has 6 nitrogen and oxygen atoms in total. The predicted molar refractivity (Wildman–Crippen MR) is 69.3 cm³/mol. The number of amides is 3. The van der Waals surface area contributed by atoms with E-state index < -0.39 is 24.5 Å². The molecule has 2 fully saturated rings. The third-order valence-electron chi connectivity index (χ3n) is 3.88. The highest BCUT2D eigenvalue weighted by Gasteiger charge is 2.42. The van der Waals surface area contributed by atoms with Crippen molar-refractivity contribution >= 4 is 17.7 Å². The lowest BCUT2D eigenvalue weighted by Gasteiger charge is -2.22. The Morgan fingerprint density at radius 2 is 1.86 bits per heavy atom. The van der Waals surface area contributed by atoms with E-state index in [0.717, 1.165) is 0 Å². The number of alkyl halides is 3. The first-order valence-corrected chi connectivity index (χ1v) is 7.12. The lowest BCUT2D eigenvalue weighted by molar-refractivity contribution is -0.157. The quantitative estimate of drug-likeness (QED) is 0.758. The van der Waals surface area contributed by atoms with Crippen molar-refractivity contribution in [3.05, 3.63) is 0 Å². The van der Waals surface area contributed by atoms with Gasteiger partial charge in [-0.1, -0.05) is 6.92 Å². The fraction of sp³-hybridized carbons (Fsp3) is 0.769. The van der Waals surface area contributed by atoms with Crippen LogP contribution in [0.4, 0.5) is 13.2 Å². The highest BCUT2D eigenvalue weighted by atomic mass is 19.4. The zero-order valence-corrected chi connectivity index (χ0v) is 12.2. The summed E-state index contributed by atoms with van der Waals surface area (Å²) in [5.41, 5.74) is 0. The molecular weight excluding hydrogens is 303 g/mol. The molecule has 0 N–H and O–H groups in total. The Hall–Kier alpha value is -1.80. The van der Waals surface area contributed by atoms with E-state index in [0.29, 0.717) is 24.4 Å². The number of carbonyl (C=O) groups is 3. The normalized spacial score (nSPS) is 22.6. The van der Waals surface area contributed by atoms with Gasteiger partial charge in [-0.3, -0.25) is 14.4 Å². The molecule has 0 aromatic carbocycles. The van der Waals surface area contributed by atoms with Crippen LogP contribution in [-0.2, 0) is 14.4 Å². The molecule has 2 rings (SSSR count). The van der Waals surface area contributed by atoms with Crippen molar-refractivity contribution in [3.8, 4) is 0 Å². The fourth-order valence-electron chi connectivity index (χ4n) is 2.76. The average molecular weight is 321 g/mol. The average Bonchev–Trinajstić information content (AvgIpc) is 3.03. The van der Waals surface area contributed by atoms with E-state index in [1.165, 1.54) is 9.80 Å². The molecule has 0 aromatic rings. The molecule has 2 aliphatic heterocycles. The second-order valence-corrected chi connectivity index (χ2v) is 5.54. The molecule has 0 spiro atoms. The molecule has 3 amide bonds. The first-order chi connectivity index (χ1) is 10.2. The summed E-state index contributed by atoms with van der Waals surface area (Å²) >= 11 is 0. The second-order valence-electron chi connectivity index (χ2n) is 5.54. The van der Waals surface area contributed by atoms with Crippen LogP contribution in [0, 0.1) is 5.92 Å². The summed E-state index contributed by atoms with van der Waals surface area (Å²) in [7, 11) is 0. The van der Waals surface area contributed by atoms with Gasteiger partial charge in [0.15, 0.2) is 0 Å². The highest BCUT2D eigenvalue weighted by molar-refractivity contribution is 5.89. The number of halogens is 3. The van der Waals surface area contributed by atoms with Crippen molar-refractivity contribution in [1.82, 2.24) is 14.7 Å². The standard InChI is InChI=1S/C13H18F3N3O3/c1-2-10(20)17-3-4-18(8-17)12(22)9-5-11(21)19(6-9)7-13(14,15)16/h9H,2-8H2,1H3. The monoisotopic (exact) mass is 321 g/mol. The summed E-state index contributed by atoms with van der Waals surface area (Å²) in [6.07, 6.45) is -4.33. The topological polar surface area (TPSA) is 60.9 Å². The minimum absolute atomic E-state index is 0.0727. The zero-order chi connectivity index (χ0) is 16.5. The molecule has 22 heavy (non-hydrogen) atoms. The molecule has 0 aliphatic carbocycles. The van der Waals surface area contributed by atoms with Gasteiger partial charge in [-0.2, -0.15) is 13.2 Å². The van der Waals surface area contributed by atoms with Crippen LogP contribution in [0.1, 0.15) is 19.8 Å². The van der Waals surface area contributed by atoms with Gasteiger partial charge in [0.25, 0.3) is 0 Å². The molecule has 0 radical (unpaired) electrons. The van der Waals surface area contributed by atoms with E-state index in [9.17, 15) is 27.6 Å². The number of nitrogens with zero attached hydrogens (tertiary/aromatic N) is 3. The molecule has 1 atom stereocenters. The lowest BCUT2D eigenvalue weighted by Crippen LogP contribution is -2.39. The van der Waals surface area contributed by atoms with Crippen LogP contribution < -0.4 is 0 Å². The van der Waals surface area contributed by atoms with E-state index in [2.05, 4.69) is 0 Å². The Morgan fingerprint density at radius 1 is 1.23 bits per heavy atom. The van der Waals surface area contributed by atoms with Gasteiger partial charge < -0.3 is 14.7 Å². The maximum absolute atomic E-state index is 12.4. The first kappa shape index (κ1) is 16.6. The van der Waals surface area contributed by atoms with E-state index in [1.807, 2.05) is 0 Å². The van der Waals surface area contributed by atoms with Gasteiger partial charge in [0, 0.05) is 32.5 Å². The summed E-state index contributed by atoms with van der Waals surface area (Å²) in [5.74, 6) is -1.84. The van der Waals surface area contributed by atoms with Crippen molar-refractivity contribution in [2.75, 3.05) is 32.8 Å². The Balaban J connectivity index is 1.92. The SMILES string of the molecule is CCC(=O)N1CCN(C(=O)C2CC(=O)N(CC(F)(F)F)C2)C1. The fourth-order valence-corrected chi connectivity index (χ4v) is 2.76. The summed E-state index contributed by atoms with van der Waals surface area (Å²) in [5, 5.41) is 0. The molecule has 0 aromatic heterocycles. The molecule has 2 aliphatic rings. The van der Waals surface area contributed by atoms with Crippen molar-refractivity contribution in [1.29, 1.82) is 0 Å². The van der Waals surface area contributed by atoms with E-state index in [-0.39, 0.29) is 31.4 Å². The summed E-state index contributed by atoms with van der Waals surface area (Å²) in [6.45, 7) is 1.11. The Labute approximate surface area is 125 Å². The van der Waals surface area contributed by atoms with Gasteiger partial charge in [0.05, 0.1) is 12.6 Å². The van der Waals surface area contributed by atoms with E-state index in [1.54, 1.807) is 6.92 Å². The molecule has 124 valence electrons. The Morgan fingerprint density at radius 3 is 2.45 bits per heavy atom. The van der Waals surface area contributed by atoms with E-state index in [4.69, 9.17) is 0 Å². The lowest BCUT2D eigenvalue weighted by atomic mass is 10.1. The van der Waals surface area contributed by atoms with Crippen LogP contribution in [0.2, 0.25) is 0 Å². The summed E-state index contributed by atoms with van der Waals surface area (Å²) in [4.78, 5) is 39.1. The summed E-state index contributed by atoms with van der Waals surface area (Å²) in [6, 6.07) is 0. The molecule has 0 saturated carbocycles. The maximum atomic E-state index is 12.4. The second kappa shape index (κ2) is 6.13. The zero-order valence-electron chi connectivity index (χ0n) is 12.2. The third kappa shape index (κ3) is 3.69.